The lowest BCUT2D eigenvalue weighted by Crippen LogP contribution is -2.29. The van der Waals surface area contributed by atoms with Gasteiger partial charge in [-0.15, -0.1) is 0 Å². The molecule has 0 amide bonds. The Labute approximate surface area is 169 Å². The lowest BCUT2D eigenvalue weighted by atomic mass is 9.99. The Morgan fingerprint density at radius 2 is 1.86 bits per heavy atom. The van der Waals surface area contributed by atoms with E-state index in [1.807, 2.05) is 18.2 Å². The molecule has 4 aromatic rings. The minimum absolute atomic E-state index is 0.277. The highest BCUT2D eigenvalue weighted by molar-refractivity contribution is 5.88. The molecule has 0 saturated carbocycles. The molecule has 0 unspecified atom stereocenters. The van der Waals surface area contributed by atoms with Crippen molar-refractivity contribution in [3.63, 3.8) is 0 Å². The summed E-state index contributed by atoms with van der Waals surface area (Å²) in [4.78, 5) is 2.45. The zero-order valence-electron chi connectivity index (χ0n) is 16.3. The van der Waals surface area contributed by atoms with Gasteiger partial charge in [-0.05, 0) is 53.4 Å². The highest BCUT2D eigenvalue weighted by Gasteiger charge is 2.18. The Balaban J connectivity index is 1.46. The number of benzene rings is 3. The number of furan rings is 1. The van der Waals surface area contributed by atoms with E-state index in [4.69, 9.17) is 9.15 Å². The van der Waals surface area contributed by atoms with E-state index in [-0.39, 0.29) is 5.82 Å². The predicted molar refractivity (Wildman–Crippen MR) is 112 cm³/mol. The molecule has 0 fully saturated rings. The Bertz CT molecular complexity index is 1180. The van der Waals surface area contributed by atoms with Gasteiger partial charge in [0.15, 0.2) is 11.3 Å². The van der Waals surface area contributed by atoms with Crippen molar-refractivity contribution in [2.24, 2.45) is 0 Å². The predicted octanol–water partition coefficient (Wildman–Crippen LogP) is 5.81. The average molecular weight is 387 g/mol. The van der Waals surface area contributed by atoms with Crippen molar-refractivity contribution in [1.29, 1.82) is 0 Å². The van der Waals surface area contributed by atoms with E-state index in [0.29, 0.717) is 17.1 Å². The third kappa shape index (κ3) is 3.52. The summed E-state index contributed by atoms with van der Waals surface area (Å²) in [5.41, 5.74) is 5.45. The molecule has 0 saturated heterocycles. The van der Waals surface area contributed by atoms with Gasteiger partial charge in [-0.3, -0.25) is 4.90 Å². The number of methoxy groups -OCH3 is 1. The van der Waals surface area contributed by atoms with Crippen LogP contribution >= 0.6 is 0 Å². The third-order valence-corrected chi connectivity index (χ3v) is 5.59. The highest BCUT2D eigenvalue weighted by atomic mass is 19.1. The summed E-state index contributed by atoms with van der Waals surface area (Å²) >= 11 is 0. The second-order valence-electron chi connectivity index (χ2n) is 7.57. The van der Waals surface area contributed by atoms with E-state index in [1.54, 1.807) is 13.2 Å². The second-order valence-corrected chi connectivity index (χ2v) is 7.57. The summed E-state index contributed by atoms with van der Waals surface area (Å²) in [5.74, 6) is 1.07. The molecule has 0 radical (unpaired) electrons. The number of ether oxygens (including phenoxy) is 1. The van der Waals surface area contributed by atoms with Gasteiger partial charge in [0.1, 0.15) is 11.6 Å². The summed E-state index contributed by atoms with van der Waals surface area (Å²) in [6.07, 6.45) is 1.07. The molecule has 4 heteroatoms. The molecule has 5 rings (SSSR count). The molecule has 0 bridgehead atoms. The minimum atomic E-state index is -0.277. The Morgan fingerprint density at radius 1 is 1.00 bits per heavy atom. The van der Waals surface area contributed by atoms with Crippen LogP contribution in [0.1, 0.15) is 16.7 Å². The Kier molecular flexibility index (Phi) is 4.57. The Morgan fingerprint density at radius 3 is 2.69 bits per heavy atom. The molecule has 2 heterocycles. The normalized spacial score (nSPS) is 14.1. The zero-order chi connectivity index (χ0) is 19.8. The standard InChI is InChI=1S/C25H22FNO2/c1-28-24-12-17(15-27-10-9-18-5-2-3-6-20(18)16-27)11-21-14-23(29-25(21)24)19-7-4-8-22(26)13-19/h2-8,11-14H,9-10,15-16H2,1H3. The summed E-state index contributed by atoms with van der Waals surface area (Å²) in [6, 6.07) is 21.3. The van der Waals surface area contributed by atoms with Crippen molar-refractivity contribution in [2.75, 3.05) is 13.7 Å². The molecule has 146 valence electrons. The first kappa shape index (κ1) is 18.0. The van der Waals surface area contributed by atoms with Gasteiger partial charge in [0.05, 0.1) is 7.11 Å². The molecule has 1 aromatic heterocycles. The summed E-state index contributed by atoms with van der Waals surface area (Å²) in [6.45, 7) is 2.84. The van der Waals surface area contributed by atoms with Crippen LogP contribution in [0, 0.1) is 5.82 Å². The molecular formula is C25H22FNO2. The summed E-state index contributed by atoms with van der Waals surface area (Å²) < 4.78 is 25.2. The smallest absolute Gasteiger partial charge is 0.176 e. The molecular weight excluding hydrogens is 365 g/mol. The number of hydrogen-bond acceptors (Lipinski definition) is 3. The van der Waals surface area contributed by atoms with E-state index in [1.165, 1.54) is 28.8 Å². The maximum Gasteiger partial charge on any atom is 0.176 e. The van der Waals surface area contributed by atoms with E-state index >= 15 is 0 Å². The van der Waals surface area contributed by atoms with Crippen molar-refractivity contribution >= 4 is 11.0 Å². The van der Waals surface area contributed by atoms with Gasteiger partial charge >= 0.3 is 0 Å². The first-order valence-corrected chi connectivity index (χ1v) is 9.85. The first-order valence-electron chi connectivity index (χ1n) is 9.85. The van der Waals surface area contributed by atoms with Crippen molar-refractivity contribution in [2.45, 2.75) is 19.5 Å². The van der Waals surface area contributed by atoms with Gasteiger partial charge in [-0.1, -0.05) is 36.4 Å². The fraction of sp³-hybridized carbons (Fsp3) is 0.200. The summed E-state index contributed by atoms with van der Waals surface area (Å²) in [7, 11) is 1.65. The van der Waals surface area contributed by atoms with E-state index in [9.17, 15) is 4.39 Å². The number of hydrogen-bond donors (Lipinski definition) is 0. The average Bonchev–Trinajstić information content (AvgIpc) is 3.17. The number of halogens is 1. The fourth-order valence-electron chi connectivity index (χ4n) is 4.15. The first-order chi connectivity index (χ1) is 14.2. The lowest BCUT2D eigenvalue weighted by Gasteiger charge is -2.28. The van der Waals surface area contributed by atoms with Gasteiger partial charge in [0.25, 0.3) is 0 Å². The van der Waals surface area contributed by atoms with Crippen LogP contribution in [0.2, 0.25) is 0 Å². The number of fused-ring (bicyclic) bond motifs is 2. The zero-order valence-corrected chi connectivity index (χ0v) is 16.3. The largest absolute Gasteiger partial charge is 0.493 e. The molecule has 0 spiro atoms. The van der Waals surface area contributed by atoms with Crippen LogP contribution in [0.15, 0.2) is 71.1 Å². The van der Waals surface area contributed by atoms with Gasteiger partial charge in [-0.25, -0.2) is 4.39 Å². The monoisotopic (exact) mass is 387 g/mol. The van der Waals surface area contributed by atoms with Gasteiger partial charge in [0, 0.05) is 30.6 Å². The number of nitrogens with zero attached hydrogens (tertiary/aromatic N) is 1. The number of rotatable bonds is 4. The molecule has 0 aliphatic carbocycles. The van der Waals surface area contributed by atoms with E-state index in [2.05, 4.69) is 35.2 Å². The molecule has 0 N–H and O–H groups in total. The highest BCUT2D eigenvalue weighted by Crippen LogP contribution is 2.35. The van der Waals surface area contributed by atoms with Crippen LogP contribution in [-0.4, -0.2) is 18.6 Å². The van der Waals surface area contributed by atoms with Crippen LogP contribution in [0.3, 0.4) is 0 Å². The molecule has 1 aliphatic rings. The maximum atomic E-state index is 13.6. The van der Waals surface area contributed by atoms with Crippen LogP contribution < -0.4 is 4.74 Å². The van der Waals surface area contributed by atoms with Crippen molar-refractivity contribution < 1.29 is 13.5 Å². The van der Waals surface area contributed by atoms with E-state index < -0.39 is 0 Å². The third-order valence-electron chi connectivity index (χ3n) is 5.59. The quantitative estimate of drug-likeness (QED) is 0.442. The van der Waals surface area contributed by atoms with Crippen LogP contribution in [0.4, 0.5) is 4.39 Å². The van der Waals surface area contributed by atoms with Gasteiger partial charge < -0.3 is 9.15 Å². The van der Waals surface area contributed by atoms with Gasteiger partial charge in [-0.2, -0.15) is 0 Å². The topological polar surface area (TPSA) is 25.6 Å². The molecule has 29 heavy (non-hydrogen) atoms. The fourth-order valence-corrected chi connectivity index (χ4v) is 4.15. The van der Waals surface area contributed by atoms with Crippen LogP contribution in [-0.2, 0) is 19.5 Å². The molecule has 1 aliphatic heterocycles. The molecule has 3 nitrogen and oxygen atoms in total. The van der Waals surface area contributed by atoms with Crippen molar-refractivity contribution in [1.82, 2.24) is 4.90 Å². The Hall–Kier alpha value is -3.11. The maximum absolute atomic E-state index is 13.6. The minimum Gasteiger partial charge on any atom is -0.493 e. The summed E-state index contributed by atoms with van der Waals surface area (Å²) in [5, 5.41) is 0.969. The van der Waals surface area contributed by atoms with Crippen molar-refractivity contribution in [3.05, 3.63) is 89.2 Å². The lowest BCUT2D eigenvalue weighted by molar-refractivity contribution is 0.245. The molecule has 3 aromatic carbocycles. The van der Waals surface area contributed by atoms with Crippen LogP contribution in [0.5, 0.6) is 5.75 Å². The molecule has 0 atom stereocenters. The second kappa shape index (κ2) is 7.37. The SMILES string of the molecule is COc1cc(CN2CCc3ccccc3C2)cc2cc(-c3cccc(F)c3)oc12. The van der Waals surface area contributed by atoms with Gasteiger partial charge in [0.2, 0.25) is 0 Å². The van der Waals surface area contributed by atoms with Crippen LogP contribution in [0.25, 0.3) is 22.3 Å². The van der Waals surface area contributed by atoms with Crippen molar-refractivity contribution in [3.8, 4) is 17.1 Å². The van der Waals surface area contributed by atoms with E-state index in [0.717, 1.165) is 37.0 Å².